The van der Waals surface area contributed by atoms with E-state index in [4.69, 9.17) is 4.74 Å². The van der Waals surface area contributed by atoms with Crippen LogP contribution in [0.5, 0.6) is 5.75 Å². The smallest absolute Gasteiger partial charge is 0.259 e. The molecule has 0 fully saturated rings. The summed E-state index contributed by atoms with van der Waals surface area (Å²) in [6, 6.07) is 7.00. The lowest BCUT2D eigenvalue weighted by Gasteiger charge is -2.21. The van der Waals surface area contributed by atoms with E-state index in [1.54, 1.807) is 50.3 Å². The van der Waals surface area contributed by atoms with Crippen LogP contribution in [0.1, 0.15) is 24.2 Å². The van der Waals surface area contributed by atoms with Crippen LogP contribution >= 0.6 is 0 Å². The highest BCUT2D eigenvalue weighted by Gasteiger charge is 2.15. The van der Waals surface area contributed by atoms with Crippen LogP contribution in [0.3, 0.4) is 0 Å². The summed E-state index contributed by atoms with van der Waals surface area (Å²) in [5, 5.41) is 0. The maximum Gasteiger partial charge on any atom is 0.259 e. The molecule has 0 N–H and O–H groups in total. The number of rotatable bonds is 5. The second-order valence-corrected chi connectivity index (χ2v) is 5.11. The van der Waals surface area contributed by atoms with Gasteiger partial charge in [-0.2, -0.15) is 0 Å². The number of hydrogen-bond donors (Lipinski definition) is 0. The molecule has 0 saturated heterocycles. The third kappa shape index (κ3) is 4.26. The Balaban J connectivity index is 2.76. The van der Waals surface area contributed by atoms with E-state index in [0.717, 1.165) is 0 Å². The third-order valence-electron chi connectivity index (χ3n) is 3.04. The molecule has 5 heteroatoms. The molecule has 5 nitrogen and oxygen atoms in total. The van der Waals surface area contributed by atoms with E-state index in [9.17, 15) is 9.59 Å². The maximum atomic E-state index is 12.2. The maximum absolute atomic E-state index is 12.2. The summed E-state index contributed by atoms with van der Waals surface area (Å²) >= 11 is 0. The van der Waals surface area contributed by atoms with Crippen molar-refractivity contribution in [3.05, 3.63) is 29.8 Å². The topological polar surface area (TPSA) is 49.9 Å². The van der Waals surface area contributed by atoms with Gasteiger partial charge in [-0.15, -0.1) is 0 Å². The second-order valence-electron chi connectivity index (χ2n) is 5.11. The van der Waals surface area contributed by atoms with Crippen LogP contribution in [-0.4, -0.2) is 55.4 Å². The first-order chi connectivity index (χ1) is 9.32. The van der Waals surface area contributed by atoms with Gasteiger partial charge in [0.2, 0.25) is 0 Å². The number of carbonyl (C=O) groups excluding carboxylic acids is 2. The molecule has 1 aromatic carbocycles. The van der Waals surface area contributed by atoms with Crippen molar-refractivity contribution < 1.29 is 14.3 Å². The van der Waals surface area contributed by atoms with E-state index in [1.165, 1.54) is 4.90 Å². The van der Waals surface area contributed by atoms with Crippen LogP contribution in [0, 0.1) is 0 Å². The van der Waals surface area contributed by atoms with Gasteiger partial charge in [-0.25, -0.2) is 0 Å². The summed E-state index contributed by atoms with van der Waals surface area (Å²) < 4.78 is 5.40. The number of likely N-dealkylation sites (N-methyl/N-ethyl adjacent to an activating group) is 1. The van der Waals surface area contributed by atoms with E-state index in [0.29, 0.717) is 11.3 Å². The second kappa shape index (κ2) is 6.93. The summed E-state index contributed by atoms with van der Waals surface area (Å²) in [5.41, 5.74) is 0.552. The first-order valence-corrected chi connectivity index (χ1v) is 6.53. The zero-order valence-electron chi connectivity index (χ0n) is 12.7. The fourth-order valence-electron chi connectivity index (χ4n) is 1.43. The highest BCUT2D eigenvalue weighted by Crippen LogP contribution is 2.15. The normalized spacial score (nSPS) is 10.3. The molecule has 110 valence electrons. The summed E-state index contributed by atoms with van der Waals surface area (Å²) in [6.45, 7) is 3.87. The molecule has 0 heterocycles. The third-order valence-corrected chi connectivity index (χ3v) is 3.04. The van der Waals surface area contributed by atoms with Crippen LogP contribution in [0.2, 0.25) is 0 Å². The largest absolute Gasteiger partial charge is 0.484 e. The van der Waals surface area contributed by atoms with Gasteiger partial charge in [0.1, 0.15) is 5.75 Å². The number of benzene rings is 1. The average molecular weight is 278 g/mol. The molecule has 0 bridgehead atoms. The molecule has 1 aromatic rings. The van der Waals surface area contributed by atoms with E-state index in [-0.39, 0.29) is 24.5 Å². The van der Waals surface area contributed by atoms with Gasteiger partial charge in [-0.05, 0) is 32.0 Å². The molecule has 0 aliphatic heterocycles. The van der Waals surface area contributed by atoms with Crippen molar-refractivity contribution in [1.82, 2.24) is 9.80 Å². The first-order valence-electron chi connectivity index (χ1n) is 6.53. The Kier molecular flexibility index (Phi) is 5.55. The van der Waals surface area contributed by atoms with Crippen LogP contribution in [-0.2, 0) is 4.79 Å². The predicted molar refractivity (Wildman–Crippen MR) is 77.9 cm³/mol. The lowest BCUT2D eigenvalue weighted by Crippen LogP contribution is -2.33. The highest BCUT2D eigenvalue weighted by molar-refractivity contribution is 5.94. The Morgan fingerprint density at radius 3 is 2.40 bits per heavy atom. The van der Waals surface area contributed by atoms with Gasteiger partial charge >= 0.3 is 0 Å². The van der Waals surface area contributed by atoms with Crippen LogP contribution in [0.25, 0.3) is 0 Å². The van der Waals surface area contributed by atoms with Gasteiger partial charge in [-0.1, -0.05) is 6.07 Å². The van der Waals surface area contributed by atoms with Crippen molar-refractivity contribution in [2.24, 2.45) is 0 Å². The Morgan fingerprint density at radius 1 is 1.20 bits per heavy atom. The minimum absolute atomic E-state index is 0.0370. The zero-order chi connectivity index (χ0) is 15.3. The molecule has 0 spiro atoms. The van der Waals surface area contributed by atoms with Crippen molar-refractivity contribution in [2.75, 3.05) is 27.7 Å². The van der Waals surface area contributed by atoms with E-state index >= 15 is 0 Å². The number of nitrogens with zero attached hydrogens (tertiary/aromatic N) is 2. The first kappa shape index (κ1) is 16.0. The molecule has 0 radical (unpaired) electrons. The average Bonchev–Trinajstić information content (AvgIpc) is 2.43. The standard InChI is InChI=1S/C15H22N2O3/c1-11(2)17(5)15(19)12-7-6-8-13(9-12)20-10-14(18)16(3)4/h6-9,11H,10H2,1-5H3. The van der Waals surface area contributed by atoms with Crippen molar-refractivity contribution in [2.45, 2.75) is 19.9 Å². The van der Waals surface area contributed by atoms with Crippen molar-refractivity contribution in [3.8, 4) is 5.75 Å². The van der Waals surface area contributed by atoms with Gasteiger partial charge in [0.05, 0.1) is 0 Å². The fraction of sp³-hybridized carbons (Fsp3) is 0.467. The lowest BCUT2D eigenvalue weighted by molar-refractivity contribution is -0.130. The van der Waals surface area contributed by atoms with Crippen molar-refractivity contribution in [1.29, 1.82) is 0 Å². The predicted octanol–water partition coefficient (Wildman–Crippen LogP) is 1.63. The molecule has 0 aromatic heterocycles. The van der Waals surface area contributed by atoms with E-state index in [1.807, 2.05) is 13.8 Å². The number of carbonyl (C=O) groups is 2. The Bertz CT molecular complexity index is 484. The number of ether oxygens (including phenoxy) is 1. The van der Waals surface area contributed by atoms with Crippen molar-refractivity contribution >= 4 is 11.8 Å². The number of amides is 2. The summed E-state index contributed by atoms with van der Waals surface area (Å²) in [5.74, 6) is 0.327. The number of hydrogen-bond acceptors (Lipinski definition) is 3. The molecule has 0 saturated carbocycles. The van der Waals surface area contributed by atoms with Gasteiger partial charge in [-0.3, -0.25) is 9.59 Å². The Labute approximate surface area is 120 Å². The minimum atomic E-state index is -0.124. The molecular weight excluding hydrogens is 256 g/mol. The Morgan fingerprint density at radius 2 is 1.85 bits per heavy atom. The summed E-state index contributed by atoms with van der Waals surface area (Å²) in [6.07, 6.45) is 0. The van der Waals surface area contributed by atoms with E-state index in [2.05, 4.69) is 0 Å². The molecule has 20 heavy (non-hydrogen) atoms. The van der Waals surface area contributed by atoms with E-state index < -0.39 is 0 Å². The van der Waals surface area contributed by atoms with Gasteiger partial charge < -0.3 is 14.5 Å². The van der Waals surface area contributed by atoms with Gasteiger partial charge in [0.15, 0.2) is 6.61 Å². The quantitative estimate of drug-likeness (QED) is 0.822. The zero-order valence-corrected chi connectivity index (χ0v) is 12.7. The molecule has 0 aliphatic rings. The molecular formula is C15H22N2O3. The Hall–Kier alpha value is -2.04. The van der Waals surface area contributed by atoms with Gasteiger partial charge in [0.25, 0.3) is 11.8 Å². The van der Waals surface area contributed by atoms with Crippen LogP contribution < -0.4 is 4.74 Å². The monoisotopic (exact) mass is 278 g/mol. The molecule has 0 unspecified atom stereocenters. The van der Waals surface area contributed by atoms with Gasteiger partial charge in [0, 0.05) is 32.7 Å². The fourth-order valence-corrected chi connectivity index (χ4v) is 1.43. The molecule has 1 rings (SSSR count). The van der Waals surface area contributed by atoms with Crippen LogP contribution in [0.4, 0.5) is 0 Å². The molecule has 0 aliphatic carbocycles. The SMILES string of the molecule is CC(C)N(C)C(=O)c1cccc(OCC(=O)N(C)C)c1. The summed E-state index contributed by atoms with van der Waals surface area (Å²) in [4.78, 5) is 26.8. The molecule has 2 amide bonds. The summed E-state index contributed by atoms with van der Waals surface area (Å²) in [7, 11) is 5.10. The highest BCUT2D eigenvalue weighted by atomic mass is 16.5. The van der Waals surface area contributed by atoms with Crippen LogP contribution in [0.15, 0.2) is 24.3 Å². The van der Waals surface area contributed by atoms with Crippen molar-refractivity contribution in [3.63, 3.8) is 0 Å². The molecule has 0 atom stereocenters. The minimum Gasteiger partial charge on any atom is -0.484 e. The lowest BCUT2D eigenvalue weighted by atomic mass is 10.1.